The monoisotopic (exact) mass is 480 g/mol. The molecular weight excluding hydrogens is 450 g/mol. The van der Waals surface area contributed by atoms with Gasteiger partial charge in [-0.15, -0.1) is 24.0 Å². The van der Waals surface area contributed by atoms with Crippen LogP contribution in [0.25, 0.3) is 0 Å². The summed E-state index contributed by atoms with van der Waals surface area (Å²) in [4.78, 5) is 16.1. The molecule has 1 rings (SSSR count). The van der Waals surface area contributed by atoms with Gasteiger partial charge in [0.2, 0.25) is 5.91 Å². The molecule has 0 bridgehead atoms. The van der Waals surface area contributed by atoms with Gasteiger partial charge in [-0.3, -0.25) is 4.79 Å². The van der Waals surface area contributed by atoms with Crippen molar-refractivity contribution in [3.8, 4) is 0 Å². The van der Waals surface area contributed by atoms with Crippen LogP contribution < -0.4 is 16.0 Å². The summed E-state index contributed by atoms with van der Waals surface area (Å²) in [5.74, 6) is 0.517. The van der Waals surface area contributed by atoms with Gasteiger partial charge in [0.25, 0.3) is 0 Å². The molecule has 0 aliphatic carbocycles. The van der Waals surface area contributed by atoms with Crippen molar-refractivity contribution in [1.82, 2.24) is 10.6 Å². The van der Waals surface area contributed by atoms with Crippen LogP contribution in [0.4, 0.5) is 10.1 Å². The number of benzene rings is 1. The maximum absolute atomic E-state index is 12.8. The van der Waals surface area contributed by atoms with Crippen molar-refractivity contribution in [3.05, 3.63) is 30.1 Å². The summed E-state index contributed by atoms with van der Waals surface area (Å²) in [6, 6.07) is 5.62. The Morgan fingerprint density at radius 1 is 1.23 bits per heavy atom. The lowest BCUT2D eigenvalue weighted by atomic mass is 10.2. The van der Waals surface area contributed by atoms with Gasteiger partial charge in [-0.1, -0.05) is 13.8 Å². The van der Waals surface area contributed by atoms with Crippen LogP contribution in [0, 0.1) is 11.7 Å². The Balaban J connectivity index is 0.00000625. The van der Waals surface area contributed by atoms with Crippen molar-refractivity contribution in [2.24, 2.45) is 10.9 Å². The minimum atomic E-state index is -0.341. The van der Waals surface area contributed by atoms with Crippen LogP contribution >= 0.6 is 24.0 Å². The first-order valence-electron chi connectivity index (χ1n) is 8.66. The molecule has 0 unspecified atom stereocenters. The van der Waals surface area contributed by atoms with Crippen LogP contribution in [-0.2, 0) is 9.53 Å². The number of carbonyl (C=O) groups is 1. The van der Waals surface area contributed by atoms with Gasteiger partial charge < -0.3 is 20.7 Å². The van der Waals surface area contributed by atoms with Gasteiger partial charge in [0, 0.05) is 32.0 Å². The predicted molar refractivity (Wildman–Crippen MR) is 115 cm³/mol. The SMILES string of the molecule is CCNC(=NCC(=O)Nc1ccc(F)cc1)NCCCOCC(C)C.I. The van der Waals surface area contributed by atoms with Crippen molar-refractivity contribution >= 4 is 41.5 Å². The second kappa shape index (κ2) is 14.7. The van der Waals surface area contributed by atoms with Gasteiger partial charge in [-0.05, 0) is 43.5 Å². The van der Waals surface area contributed by atoms with Crippen molar-refractivity contribution in [3.63, 3.8) is 0 Å². The molecule has 0 spiro atoms. The van der Waals surface area contributed by atoms with Gasteiger partial charge in [-0.25, -0.2) is 9.38 Å². The summed E-state index contributed by atoms with van der Waals surface area (Å²) in [7, 11) is 0. The Hall–Kier alpha value is -1.42. The maximum atomic E-state index is 12.8. The molecule has 1 aromatic rings. The van der Waals surface area contributed by atoms with Crippen LogP contribution in [0.5, 0.6) is 0 Å². The van der Waals surface area contributed by atoms with Crippen LogP contribution in [0.2, 0.25) is 0 Å². The number of carbonyl (C=O) groups excluding carboxylic acids is 1. The Kier molecular flexibility index (Phi) is 13.9. The number of hydrogen-bond donors (Lipinski definition) is 3. The Bertz CT molecular complexity index is 538. The van der Waals surface area contributed by atoms with E-state index in [2.05, 4.69) is 34.8 Å². The number of amides is 1. The Labute approximate surface area is 172 Å². The number of nitrogens with one attached hydrogen (secondary N) is 3. The molecule has 0 aromatic heterocycles. The average Bonchev–Trinajstić information content (AvgIpc) is 2.57. The van der Waals surface area contributed by atoms with E-state index in [1.807, 2.05) is 6.92 Å². The van der Waals surface area contributed by atoms with E-state index in [1.165, 1.54) is 24.3 Å². The number of halogens is 2. The summed E-state index contributed by atoms with van der Waals surface area (Å²) < 4.78 is 18.4. The van der Waals surface area contributed by atoms with Crippen molar-refractivity contribution in [2.75, 3.05) is 38.2 Å². The van der Waals surface area contributed by atoms with Gasteiger partial charge in [0.1, 0.15) is 12.4 Å². The molecule has 0 aliphatic heterocycles. The van der Waals surface area contributed by atoms with E-state index in [-0.39, 0.29) is 42.2 Å². The smallest absolute Gasteiger partial charge is 0.246 e. The van der Waals surface area contributed by atoms with Gasteiger partial charge in [-0.2, -0.15) is 0 Å². The molecule has 1 amide bonds. The third kappa shape index (κ3) is 12.0. The average molecular weight is 480 g/mol. The van der Waals surface area contributed by atoms with Crippen molar-refractivity contribution in [2.45, 2.75) is 27.2 Å². The third-order valence-corrected chi connectivity index (χ3v) is 3.06. The number of hydrogen-bond acceptors (Lipinski definition) is 3. The zero-order valence-corrected chi connectivity index (χ0v) is 18.0. The highest BCUT2D eigenvalue weighted by Crippen LogP contribution is 2.07. The molecule has 26 heavy (non-hydrogen) atoms. The van der Waals surface area contributed by atoms with Gasteiger partial charge >= 0.3 is 0 Å². The zero-order valence-electron chi connectivity index (χ0n) is 15.7. The number of rotatable bonds is 10. The maximum Gasteiger partial charge on any atom is 0.246 e. The number of anilines is 1. The normalized spacial score (nSPS) is 11.0. The largest absolute Gasteiger partial charge is 0.381 e. The van der Waals surface area contributed by atoms with Gasteiger partial charge in [0.15, 0.2) is 5.96 Å². The predicted octanol–water partition coefficient (Wildman–Crippen LogP) is 3.00. The number of ether oxygens (including phenoxy) is 1. The van der Waals surface area contributed by atoms with Crippen LogP contribution in [0.1, 0.15) is 27.2 Å². The molecule has 6 nitrogen and oxygen atoms in total. The third-order valence-electron chi connectivity index (χ3n) is 3.06. The van der Waals surface area contributed by atoms with Crippen molar-refractivity contribution < 1.29 is 13.9 Å². The second-order valence-electron chi connectivity index (χ2n) is 6.00. The first-order valence-corrected chi connectivity index (χ1v) is 8.66. The molecule has 8 heteroatoms. The first-order chi connectivity index (χ1) is 12.0. The summed E-state index contributed by atoms with van der Waals surface area (Å²) in [6.45, 7) is 9.04. The van der Waals surface area contributed by atoms with Gasteiger partial charge in [0.05, 0.1) is 0 Å². The van der Waals surface area contributed by atoms with Crippen LogP contribution in [0.3, 0.4) is 0 Å². The lowest BCUT2D eigenvalue weighted by molar-refractivity contribution is -0.114. The molecule has 0 saturated carbocycles. The standard InChI is InChI=1S/C18H29FN4O2.HI/c1-4-20-18(21-10-5-11-25-13-14(2)3)22-12-17(24)23-16-8-6-15(19)7-9-16;/h6-9,14H,4-5,10-13H2,1-3H3,(H,23,24)(H2,20,21,22);1H. The van der Waals surface area contributed by atoms with E-state index in [9.17, 15) is 9.18 Å². The lowest BCUT2D eigenvalue weighted by Crippen LogP contribution is -2.38. The fourth-order valence-corrected chi connectivity index (χ4v) is 1.93. The molecule has 1 aromatic carbocycles. The lowest BCUT2D eigenvalue weighted by Gasteiger charge is -2.12. The molecule has 148 valence electrons. The summed E-state index contributed by atoms with van der Waals surface area (Å²) in [6.07, 6.45) is 0.860. The molecule has 0 radical (unpaired) electrons. The van der Waals surface area contributed by atoms with E-state index in [4.69, 9.17) is 4.74 Å². The zero-order chi connectivity index (χ0) is 18.5. The minimum Gasteiger partial charge on any atom is -0.381 e. The van der Waals surface area contributed by atoms with E-state index < -0.39 is 0 Å². The van der Waals surface area contributed by atoms with Crippen LogP contribution in [-0.4, -0.2) is 44.7 Å². The fraction of sp³-hybridized carbons (Fsp3) is 0.556. The molecule has 0 aliphatic rings. The van der Waals surface area contributed by atoms with E-state index >= 15 is 0 Å². The molecular formula is C18H30FIN4O2. The van der Waals surface area contributed by atoms with E-state index in [0.717, 1.165) is 13.0 Å². The topological polar surface area (TPSA) is 74.8 Å². The second-order valence-corrected chi connectivity index (χ2v) is 6.00. The summed E-state index contributed by atoms with van der Waals surface area (Å²) >= 11 is 0. The molecule has 0 atom stereocenters. The van der Waals surface area contributed by atoms with Crippen molar-refractivity contribution in [1.29, 1.82) is 0 Å². The molecule has 0 saturated heterocycles. The van der Waals surface area contributed by atoms with Crippen LogP contribution in [0.15, 0.2) is 29.3 Å². The Morgan fingerprint density at radius 3 is 2.54 bits per heavy atom. The van der Waals surface area contributed by atoms with E-state index in [0.29, 0.717) is 37.3 Å². The number of guanidine groups is 1. The summed E-state index contributed by atoms with van der Waals surface area (Å²) in [5, 5.41) is 8.92. The highest BCUT2D eigenvalue weighted by atomic mass is 127. The summed E-state index contributed by atoms with van der Waals surface area (Å²) in [5.41, 5.74) is 0.543. The Morgan fingerprint density at radius 2 is 1.92 bits per heavy atom. The number of nitrogens with zero attached hydrogens (tertiary/aromatic N) is 1. The molecule has 0 fully saturated rings. The highest BCUT2D eigenvalue weighted by Gasteiger charge is 2.03. The first kappa shape index (κ1) is 24.6. The minimum absolute atomic E-state index is 0. The molecule has 0 heterocycles. The highest BCUT2D eigenvalue weighted by molar-refractivity contribution is 14.0. The fourth-order valence-electron chi connectivity index (χ4n) is 1.93. The van der Waals surface area contributed by atoms with E-state index in [1.54, 1.807) is 0 Å². The molecule has 3 N–H and O–H groups in total. The number of aliphatic imine (C=N–C) groups is 1. The quantitative estimate of drug-likeness (QED) is 0.208.